The highest BCUT2D eigenvalue weighted by atomic mass is 16.7. The van der Waals surface area contributed by atoms with E-state index in [9.17, 15) is 19.7 Å². The van der Waals surface area contributed by atoms with Crippen molar-refractivity contribution in [1.82, 2.24) is 0 Å². The first-order valence-corrected chi connectivity index (χ1v) is 7.84. The molecule has 1 aliphatic heterocycles. The van der Waals surface area contributed by atoms with Crippen LogP contribution in [-0.2, 0) is 35.1 Å². The van der Waals surface area contributed by atoms with E-state index >= 15 is 0 Å². The van der Waals surface area contributed by atoms with Gasteiger partial charge in [-0.3, -0.25) is 19.7 Å². The second-order valence-electron chi connectivity index (χ2n) is 5.54. The third-order valence-corrected chi connectivity index (χ3v) is 3.45. The first-order valence-electron chi connectivity index (χ1n) is 7.84. The van der Waals surface area contributed by atoms with Gasteiger partial charge in [0.25, 0.3) is 5.69 Å². The summed E-state index contributed by atoms with van der Waals surface area (Å²) < 4.78 is 21.3. The number of esters is 2. The van der Waals surface area contributed by atoms with Crippen LogP contribution in [0.15, 0.2) is 36.4 Å². The molecule has 2 rings (SSSR count). The van der Waals surface area contributed by atoms with Crippen LogP contribution in [0.2, 0.25) is 0 Å². The van der Waals surface area contributed by atoms with E-state index in [0.717, 1.165) is 5.56 Å². The third-order valence-electron chi connectivity index (χ3n) is 3.45. The number of hydrogen-bond acceptors (Lipinski definition) is 8. The summed E-state index contributed by atoms with van der Waals surface area (Å²) >= 11 is 0. The highest BCUT2D eigenvalue weighted by Gasteiger charge is 2.31. The number of nitrogens with zero attached hydrogens (tertiary/aromatic N) is 1. The number of rotatable bonds is 7. The molecule has 0 saturated heterocycles. The van der Waals surface area contributed by atoms with Gasteiger partial charge in [-0.25, -0.2) is 0 Å². The minimum atomic E-state index is -0.738. The molecule has 140 valence electrons. The van der Waals surface area contributed by atoms with Crippen molar-refractivity contribution in [3.05, 3.63) is 52.1 Å². The Morgan fingerprint density at radius 2 is 1.85 bits per heavy atom. The van der Waals surface area contributed by atoms with Gasteiger partial charge in [0.2, 0.25) is 0 Å². The molecule has 1 aromatic rings. The van der Waals surface area contributed by atoms with Crippen LogP contribution in [-0.4, -0.2) is 42.0 Å². The summed E-state index contributed by atoms with van der Waals surface area (Å²) in [6.07, 6.45) is 1.07. The molecule has 0 N–H and O–H groups in total. The largest absolute Gasteiger partial charge is 0.463 e. The maximum atomic E-state index is 11.2. The zero-order valence-corrected chi connectivity index (χ0v) is 14.3. The van der Waals surface area contributed by atoms with E-state index in [1.54, 1.807) is 24.3 Å². The molecule has 1 aliphatic rings. The molecule has 9 heteroatoms. The summed E-state index contributed by atoms with van der Waals surface area (Å²) in [6.45, 7) is 2.61. The molecular formula is C17H19NO8. The number of nitro groups is 1. The number of hydrogen-bond donors (Lipinski definition) is 0. The van der Waals surface area contributed by atoms with Crippen molar-refractivity contribution in [2.45, 2.75) is 39.0 Å². The van der Waals surface area contributed by atoms with Crippen molar-refractivity contribution < 1.29 is 33.5 Å². The normalized spacial score (nSPS) is 21.8. The zero-order valence-electron chi connectivity index (χ0n) is 14.3. The second kappa shape index (κ2) is 9.07. The molecule has 0 bridgehead atoms. The lowest BCUT2D eigenvalue weighted by Gasteiger charge is -2.31. The number of nitro benzene ring substituents is 1. The Kier molecular flexibility index (Phi) is 6.81. The molecule has 3 atom stereocenters. The minimum Gasteiger partial charge on any atom is -0.463 e. The maximum Gasteiger partial charge on any atom is 0.303 e. The quantitative estimate of drug-likeness (QED) is 0.311. The fourth-order valence-electron chi connectivity index (χ4n) is 2.25. The monoisotopic (exact) mass is 365 g/mol. The molecule has 1 heterocycles. The minimum absolute atomic E-state index is 0.00627. The van der Waals surface area contributed by atoms with E-state index in [0.29, 0.717) is 0 Å². The molecule has 0 fully saturated rings. The Balaban J connectivity index is 1.95. The molecule has 0 saturated carbocycles. The van der Waals surface area contributed by atoms with Crippen molar-refractivity contribution in [2.24, 2.45) is 0 Å². The van der Waals surface area contributed by atoms with Gasteiger partial charge in [-0.2, -0.15) is 0 Å². The third kappa shape index (κ3) is 5.94. The number of ether oxygens (including phenoxy) is 4. The number of carbonyl (C=O) groups excluding carboxylic acids is 2. The summed E-state index contributed by atoms with van der Waals surface area (Å²) in [6, 6.07) is 5.94. The van der Waals surface area contributed by atoms with Crippen LogP contribution in [0.3, 0.4) is 0 Å². The highest BCUT2D eigenvalue weighted by Crippen LogP contribution is 2.20. The second-order valence-corrected chi connectivity index (χ2v) is 5.54. The number of carbonyl (C=O) groups is 2. The summed E-state index contributed by atoms with van der Waals surface area (Å²) in [7, 11) is 0. The molecule has 0 amide bonds. The average molecular weight is 365 g/mol. The van der Waals surface area contributed by atoms with Crippen molar-refractivity contribution in [3.63, 3.8) is 0 Å². The van der Waals surface area contributed by atoms with Gasteiger partial charge in [-0.15, -0.1) is 0 Å². The summed E-state index contributed by atoms with van der Waals surface area (Å²) in [5.74, 6) is -0.964. The first-order chi connectivity index (χ1) is 12.3. The Morgan fingerprint density at radius 1 is 1.15 bits per heavy atom. The smallest absolute Gasteiger partial charge is 0.303 e. The van der Waals surface area contributed by atoms with Gasteiger partial charge in [-0.1, -0.05) is 0 Å². The Hall–Kier alpha value is -2.78. The molecule has 26 heavy (non-hydrogen) atoms. The van der Waals surface area contributed by atoms with E-state index in [4.69, 9.17) is 18.9 Å². The van der Waals surface area contributed by atoms with Crippen LogP contribution in [0.4, 0.5) is 5.69 Å². The van der Waals surface area contributed by atoms with Gasteiger partial charge in [0.1, 0.15) is 18.8 Å². The average Bonchev–Trinajstić information content (AvgIpc) is 2.59. The SMILES string of the molecule is CC(=O)OC[C@H]1O[C@H](OCc2ccc([N+](=O)[O-])cc2)C=C[C@@H]1OC(C)=O. The summed E-state index contributed by atoms with van der Waals surface area (Å²) in [5.41, 5.74) is 0.722. The molecule has 0 radical (unpaired) electrons. The molecule has 0 aliphatic carbocycles. The van der Waals surface area contributed by atoms with E-state index in [1.165, 1.54) is 26.0 Å². The van der Waals surface area contributed by atoms with Gasteiger partial charge in [-0.05, 0) is 29.8 Å². The highest BCUT2D eigenvalue weighted by molar-refractivity contribution is 5.66. The fourth-order valence-corrected chi connectivity index (χ4v) is 2.25. The molecule has 0 aromatic heterocycles. The van der Waals surface area contributed by atoms with E-state index in [-0.39, 0.29) is 18.9 Å². The van der Waals surface area contributed by atoms with Gasteiger partial charge < -0.3 is 18.9 Å². The van der Waals surface area contributed by atoms with E-state index in [1.807, 2.05) is 0 Å². The number of benzene rings is 1. The van der Waals surface area contributed by atoms with Crippen LogP contribution in [0, 0.1) is 10.1 Å². The predicted octanol–water partition coefficient (Wildman–Crippen LogP) is 1.89. The van der Waals surface area contributed by atoms with Crippen LogP contribution < -0.4 is 0 Å². The topological polar surface area (TPSA) is 114 Å². The van der Waals surface area contributed by atoms with Crippen molar-refractivity contribution in [2.75, 3.05) is 6.61 Å². The van der Waals surface area contributed by atoms with Crippen LogP contribution in [0.25, 0.3) is 0 Å². The molecule has 1 aromatic carbocycles. The maximum absolute atomic E-state index is 11.2. The van der Waals surface area contributed by atoms with Gasteiger partial charge in [0, 0.05) is 26.0 Å². The molecule has 0 spiro atoms. The lowest BCUT2D eigenvalue weighted by Crippen LogP contribution is -2.42. The van der Waals surface area contributed by atoms with Gasteiger partial charge in [0.05, 0.1) is 11.5 Å². The van der Waals surface area contributed by atoms with Crippen molar-refractivity contribution in [1.29, 1.82) is 0 Å². The Bertz CT molecular complexity index is 685. The summed E-state index contributed by atoms with van der Waals surface area (Å²) in [5, 5.41) is 10.6. The molecule has 0 unspecified atom stereocenters. The van der Waals surface area contributed by atoms with Crippen molar-refractivity contribution >= 4 is 17.6 Å². The van der Waals surface area contributed by atoms with Crippen LogP contribution in [0.5, 0.6) is 0 Å². The van der Waals surface area contributed by atoms with Gasteiger partial charge >= 0.3 is 11.9 Å². The Labute approximate surface area is 149 Å². The molecule has 9 nitrogen and oxygen atoms in total. The van der Waals surface area contributed by atoms with Crippen LogP contribution in [0.1, 0.15) is 19.4 Å². The van der Waals surface area contributed by atoms with Gasteiger partial charge in [0.15, 0.2) is 6.29 Å². The van der Waals surface area contributed by atoms with Crippen molar-refractivity contribution in [3.8, 4) is 0 Å². The lowest BCUT2D eigenvalue weighted by molar-refractivity contribution is -0.384. The first kappa shape index (κ1) is 19.5. The van der Waals surface area contributed by atoms with E-state index < -0.39 is 35.4 Å². The fraction of sp³-hybridized carbons (Fsp3) is 0.412. The summed E-state index contributed by atoms with van der Waals surface area (Å²) in [4.78, 5) is 32.3. The predicted molar refractivity (Wildman–Crippen MR) is 87.9 cm³/mol. The Morgan fingerprint density at radius 3 is 2.42 bits per heavy atom. The standard InChI is InChI=1S/C17H19NO8/c1-11(19)23-10-16-15(25-12(2)20)7-8-17(26-16)24-9-13-3-5-14(6-4-13)18(21)22/h3-8,15-17H,9-10H2,1-2H3/t15-,16+,17-/m0/s1. The van der Waals surface area contributed by atoms with Crippen LogP contribution >= 0.6 is 0 Å². The van der Waals surface area contributed by atoms with E-state index in [2.05, 4.69) is 0 Å². The number of non-ortho nitro benzene ring substituents is 1. The zero-order chi connectivity index (χ0) is 19.1. The molecular weight excluding hydrogens is 346 g/mol. The lowest BCUT2D eigenvalue weighted by atomic mass is 10.1.